The van der Waals surface area contributed by atoms with Gasteiger partial charge in [0, 0.05) is 58.5 Å². The average Bonchev–Trinajstić information content (AvgIpc) is 3.45. The Morgan fingerprint density at radius 2 is 1.69 bits per heavy atom. The molecule has 1 saturated heterocycles. The van der Waals surface area contributed by atoms with Gasteiger partial charge >= 0.3 is 0 Å². The molecular formula is C35H45N9O5. The van der Waals surface area contributed by atoms with Gasteiger partial charge in [0.25, 0.3) is 0 Å². The highest BCUT2D eigenvalue weighted by molar-refractivity contribution is 5.95. The Labute approximate surface area is 286 Å². The van der Waals surface area contributed by atoms with Gasteiger partial charge in [0.1, 0.15) is 11.6 Å². The van der Waals surface area contributed by atoms with E-state index in [0.29, 0.717) is 71.0 Å². The van der Waals surface area contributed by atoms with Gasteiger partial charge in [-0.2, -0.15) is 0 Å². The van der Waals surface area contributed by atoms with Crippen LogP contribution in [-0.4, -0.2) is 115 Å². The molecule has 0 bridgehead atoms. The van der Waals surface area contributed by atoms with Gasteiger partial charge in [-0.15, -0.1) is 0 Å². The Bertz CT molecular complexity index is 1600. The number of carbonyl (C=O) groups is 2. The third kappa shape index (κ3) is 8.25. The van der Waals surface area contributed by atoms with E-state index in [4.69, 9.17) is 10.5 Å². The smallest absolute Gasteiger partial charge is 0.239 e. The second kappa shape index (κ2) is 16.5. The summed E-state index contributed by atoms with van der Waals surface area (Å²) >= 11 is 0. The maximum Gasteiger partial charge on any atom is 0.239 e. The Hall–Kier alpha value is -4.84. The first kappa shape index (κ1) is 35.5. The predicted octanol–water partition coefficient (Wildman–Crippen LogP) is 1.70. The number of nitrogens with zero attached hydrogens (tertiary/aromatic N) is 7. The third-order valence-corrected chi connectivity index (χ3v) is 9.41. The number of benzene rings is 2. The molecule has 14 heteroatoms. The minimum Gasteiger partial charge on any atom is -0.382 e. The van der Waals surface area contributed by atoms with Crippen molar-refractivity contribution in [3.05, 3.63) is 77.2 Å². The number of fused-ring (bicyclic) bond motifs is 1. The number of nitrogens with two attached hydrogens (primary N) is 1. The predicted molar refractivity (Wildman–Crippen MR) is 183 cm³/mol. The van der Waals surface area contributed by atoms with Crippen molar-refractivity contribution in [2.45, 2.75) is 50.7 Å². The summed E-state index contributed by atoms with van der Waals surface area (Å²) in [4.78, 5) is 56.4. The first-order valence-corrected chi connectivity index (χ1v) is 16.7. The van der Waals surface area contributed by atoms with Crippen LogP contribution in [0.3, 0.4) is 0 Å². The number of anilines is 1. The number of hydrogen-bond donors (Lipinski definition) is 2. The SMILES string of the molecule is CCN1N=NN(CCN2CCC(COC)(N(C(=O)CCNC(=O)CN3Cc4ccccc4C[C@H](N)C3=C=O)c3ccccc3)CC2)C1=C=O. The summed E-state index contributed by atoms with van der Waals surface area (Å²) in [5.41, 5.74) is 8.79. The average molecular weight is 672 g/mol. The minimum absolute atomic E-state index is 0.0727. The van der Waals surface area contributed by atoms with Crippen molar-refractivity contribution in [2.75, 3.05) is 64.4 Å². The fourth-order valence-electron chi connectivity index (χ4n) is 6.87. The van der Waals surface area contributed by atoms with Crippen LogP contribution >= 0.6 is 0 Å². The summed E-state index contributed by atoms with van der Waals surface area (Å²) in [7, 11) is 1.64. The van der Waals surface area contributed by atoms with Crippen LogP contribution in [0, 0.1) is 0 Å². The monoisotopic (exact) mass is 671 g/mol. The highest BCUT2D eigenvalue weighted by atomic mass is 16.5. The topological polar surface area (TPSA) is 156 Å². The second-order valence-electron chi connectivity index (χ2n) is 12.5. The maximum atomic E-state index is 14.1. The molecular weight excluding hydrogens is 626 g/mol. The summed E-state index contributed by atoms with van der Waals surface area (Å²) < 4.78 is 5.74. The van der Waals surface area contributed by atoms with Crippen molar-refractivity contribution < 1.29 is 23.9 Å². The van der Waals surface area contributed by atoms with Crippen LogP contribution in [-0.2, 0) is 36.9 Å². The fraction of sp³-hybridized carbons (Fsp3) is 0.486. The number of carbonyl (C=O) groups excluding carboxylic acids is 4. The van der Waals surface area contributed by atoms with Crippen LogP contribution in [0.2, 0.25) is 0 Å². The van der Waals surface area contributed by atoms with E-state index in [-0.39, 0.29) is 37.0 Å². The lowest BCUT2D eigenvalue weighted by Crippen LogP contribution is -2.61. The number of ether oxygens (including phenoxy) is 1. The molecule has 1 fully saturated rings. The summed E-state index contributed by atoms with van der Waals surface area (Å²) in [5, 5.41) is 14.1. The molecule has 1 atom stereocenters. The third-order valence-electron chi connectivity index (χ3n) is 9.41. The summed E-state index contributed by atoms with van der Waals surface area (Å²) in [6.45, 7) is 5.73. The van der Waals surface area contributed by atoms with Crippen LogP contribution in [0.5, 0.6) is 0 Å². The van der Waals surface area contributed by atoms with Crippen LogP contribution < -0.4 is 16.0 Å². The molecule has 0 spiro atoms. The molecule has 0 radical (unpaired) electrons. The van der Waals surface area contributed by atoms with Gasteiger partial charge in [0.2, 0.25) is 17.6 Å². The Kier molecular flexibility index (Phi) is 12.0. The lowest BCUT2D eigenvalue weighted by atomic mass is 9.85. The molecule has 0 unspecified atom stereocenters. The summed E-state index contributed by atoms with van der Waals surface area (Å²) in [6, 6.07) is 16.8. The van der Waals surface area contributed by atoms with Crippen molar-refractivity contribution in [3.63, 3.8) is 0 Å². The highest BCUT2D eigenvalue weighted by Gasteiger charge is 2.43. The van der Waals surface area contributed by atoms with E-state index < -0.39 is 11.6 Å². The van der Waals surface area contributed by atoms with Crippen LogP contribution in [0.15, 0.2) is 76.6 Å². The van der Waals surface area contributed by atoms with E-state index in [2.05, 4.69) is 20.7 Å². The standard InChI is InChI=1S/C35H45N9O5/c1-3-42-33(25-46)43(39-38-42)20-19-40-17-14-35(15-18-40,26-49-2)44(29-11-5-4-6-12-29)34(48)13-16-37-32(47)23-41-22-28-10-8-7-9-27(28)21-30(36)31(41)24-45/h4-12,30H,3,13-23,26,36H2,1-2H3,(H,37,47)/t30-/m0/s1. The van der Waals surface area contributed by atoms with Crippen molar-refractivity contribution >= 4 is 29.4 Å². The molecule has 3 heterocycles. The number of para-hydroxylation sites is 1. The largest absolute Gasteiger partial charge is 0.382 e. The van der Waals surface area contributed by atoms with E-state index >= 15 is 0 Å². The summed E-state index contributed by atoms with van der Waals surface area (Å²) in [5.74, 6) is 3.76. The molecule has 3 N–H and O–H groups in total. The molecule has 5 rings (SSSR count). The number of likely N-dealkylation sites (tertiary alicyclic amines) is 1. The van der Waals surface area contributed by atoms with Gasteiger partial charge in [-0.25, -0.2) is 19.6 Å². The lowest BCUT2D eigenvalue weighted by molar-refractivity contribution is -0.122. The van der Waals surface area contributed by atoms with Crippen LogP contribution in [0.1, 0.15) is 37.3 Å². The molecule has 0 aliphatic carbocycles. The van der Waals surface area contributed by atoms with Crippen molar-refractivity contribution in [2.24, 2.45) is 16.2 Å². The number of methoxy groups -OCH3 is 1. The van der Waals surface area contributed by atoms with E-state index in [1.165, 1.54) is 5.01 Å². The van der Waals surface area contributed by atoms with Gasteiger partial charge in [-0.3, -0.25) is 9.59 Å². The lowest BCUT2D eigenvalue weighted by Gasteiger charge is -2.48. The Balaban J connectivity index is 1.21. The highest BCUT2D eigenvalue weighted by Crippen LogP contribution is 2.35. The van der Waals surface area contributed by atoms with Gasteiger partial charge in [-0.05, 0) is 59.9 Å². The molecule has 3 aliphatic heterocycles. The first-order valence-electron chi connectivity index (χ1n) is 16.7. The van der Waals surface area contributed by atoms with Crippen molar-refractivity contribution in [3.8, 4) is 0 Å². The van der Waals surface area contributed by atoms with E-state index in [1.807, 2.05) is 78.3 Å². The maximum absolute atomic E-state index is 14.1. The molecule has 260 valence electrons. The number of piperidine rings is 1. The molecule has 2 amide bonds. The van der Waals surface area contributed by atoms with E-state index in [0.717, 1.165) is 16.8 Å². The van der Waals surface area contributed by atoms with Gasteiger partial charge in [-0.1, -0.05) is 42.5 Å². The van der Waals surface area contributed by atoms with E-state index in [1.54, 1.807) is 17.0 Å². The number of hydrogen-bond acceptors (Lipinski definition) is 12. The van der Waals surface area contributed by atoms with Crippen LogP contribution in [0.25, 0.3) is 0 Å². The molecule has 2 aromatic carbocycles. The molecule has 2 aromatic rings. The van der Waals surface area contributed by atoms with Crippen molar-refractivity contribution in [1.82, 2.24) is 25.1 Å². The van der Waals surface area contributed by atoms with Gasteiger partial charge < -0.3 is 30.5 Å². The summed E-state index contributed by atoms with van der Waals surface area (Å²) in [6.07, 6.45) is 1.88. The Morgan fingerprint density at radius 3 is 2.37 bits per heavy atom. The zero-order valence-electron chi connectivity index (χ0n) is 28.2. The number of amides is 2. The number of rotatable bonds is 13. The molecule has 3 aliphatic rings. The Morgan fingerprint density at radius 1 is 1.00 bits per heavy atom. The zero-order chi connectivity index (χ0) is 34.8. The molecule has 14 nitrogen and oxygen atoms in total. The van der Waals surface area contributed by atoms with E-state index in [9.17, 15) is 19.2 Å². The second-order valence-corrected chi connectivity index (χ2v) is 12.5. The van der Waals surface area contributed by atoms with Gasteiger partial charge in [0.05, 0.1) is 31.3 Å². The molecule has 0 aromatic heterocycles. The van der Waals surface area contributed by atoms with Crippen LogP contribution in [0.4, 0.5) is 5.69 Å². The normalized spacial score (nSPS) is 18.8. The minimum atomic E-state index is -0.604. The fourth-order valence-corrected chi connectivity index (χ4v) is 6.87. The molecule has 0 saturated carbocycles. The first-order chi connectivity index (χ1) is 23.8. The number of nitrogens with one attached hydrogen (secondary N) is 1. The quantitative estimate of drug-likeness (QED) is 0.301. The zero-order valence-corrected chi connectivity index (χ0v) is 28.2. The van der Waals surface area contributed by atoms with Crippen molar-refractivity contribution in [1.29, 1.82) is 0 Å². The van der Waals surface area contributed by atoms with Gasteiger partial charge in [0.15, 0.2) is 5.94 Å². The molecule has 49 heavy (non-hydrogen) atoms.